The molecule has 1 N–H and O–H groups in total. The first kappa shape index (κ1) is 45.6. The van der Waals surface area contributed by atoms with E-state index in [1.54, 1.807) is 35.4 Å². The molecule has 4 saturated heterocycles. The highest BCUT2D eigenvalue weighted by molar-refractivity contribution is 6.07. The minimum Gasteiger partial charge on any atom is -0.467 e. The summed E-state index contributed by atoms with van der Waals surface area (Å²) < 4.78 is 10.2. The van der Waals surface area contributed by atoms with Crippen LogP contribution in [0.5, 0.6) is 6.01 Å². The molecule has 0 aliphatic carbocycles. The van der Waals surface area contributed by atoms with Gasteiger partial charge in [-0.15, -0.1) is 5.10 Å². The molecule has 364 valence electrons. The normalized spacial score (nSPS) is 19.3. The first-order chi connectivity index (χ1) is 34.5. The molecule has 71 heavy (non-hydrogen) atoms. The standard InChI is InChI=1S/C53H57N13O5/c1-33-32-64(53(70)65(33)39-8-7-22-54-31-39)49-34(2)40(19-23-55-49)41-16-15-38(66-51(71-5)58-60(4)52(66)69)30-44(41)35-11-13-36(14-12-35)61-24-20-37(21-25-61)62-26-28-63(29-27-62)45-10-6-9-42-47(57-59(3)48(42)45)43-17-18-46(67)56-50(43)68/h6-16,19,22-23,30-31,33,37,43H,17-18,20-21,24-29,32H2,1-5H3,(H,56,67,68)/t33-,43?/m0/s1. The predicted molar refractivity (Wildman–Crippen MR) is 273 cm³/mol. The fourth-order valence-corrected chi connectivity index (χ4v) is 11.3. The van der Waals surface area contributed by atoms with Gasteiger partial charge in [0.15, 0.2) is 0 Å². The number of amides is 4. The van der Waals surface area contributed by atoms with Crippen LogP contribution in [0.25, 0.3) is 38.8 Å². The number of nitrogens with one attached hydrogen (secondary N) is 1. The van der Waals surface area contributed by atoms with E-state index < -0.39 is 5.92 Å². The quantitative estimate of drug-likeness (QED) is 0.158. The number of urea groups is 1. The SMILES string of the molecule is COc1nn(C)c(=O)n1-c1ccc(-c2ccnc(N3C[C@H](C)N(c4cccnc4)C3=O)c2C)c(-c2ccc(N3CCC(N4CCN(c5cccc6c(C7CCC(=O)NC7=O)nn(C)c56)CC4)CC3)cc2)c1. The molecular formula is C53H57N13O5. The molecule has 0 spiro atoms. The Morgan fingerprint density at radius 3 is 2.24 bits per heavy atom. The zero-order chi connectivity index (χ0) is 49.1. The number of methoxy groups -OCH3 is 1. The molecule has 4 amide bonds. The number of imide groups is 1. The van der Waals surface area contributed by atoms with Crippen LogP contribution in [-0.2, 0) is 23.7 Å². The lowest BCUT2D eigenvalue weighted by molar-refractivity contribution is -0.134. The molecule has 4 aliphatic rings. The Balaban J connectivity index is 0.807. The molecule has 0 bridgehead atoms. The third-order valence-corrected chi connectivity index (χ3v) is 14.9. The molecule has 0 saturated carbocycles. The Labute approximate surface area is 411 Å². The van der Waals surface area contributed by atoms with Gasteiger partial charge >= 0.3 is 17.7 Å². The Kier molecular flexibility index (Phi) is 11.9. The van der Waals surface area contributed by atoms with Crippen molar-refractivity contribution < 1.29 is 19.1 Å². The van der Waals surface area contributed by atoms with Gasteiger partial charge in [0.2, 0.25) is 11.8 Å². The van der Waals surface area contributed by atoms with Crippen molar-refractivity contribution in [3.63, 3.8) is 0 Å². The summed E-state index contributed by atoms with van der Waals surface area (Å²) in [6.07, 6.45) is 8.07. The maximum Gasteiger partial charge on any atom is 0.353 e. The number of hydrogen-bond donors (Lipinski definition) is 1. The number of piperazine rings is 1. The Morgan fingerprint density at radius 2 is 1.51 bits per heavy atom. The summed E-state index contributed by atoms with van der Waals surface area (Å²) in [6.45, 7) is 10.1. The first-order valence-corrected chi connectivity index (χ1v) is 24.4. The lowest BCUT2D eigenvalue weighted by Crippen LogP contribution is -2.53. The first-order valence-electron chi connectivity index (χ1n) is 24.4. The van der Waals surface area contributed by atoms with Crippen LogP contribution in [0.2, 0.25) is 0 Å². The summed E-state index contributed by atoms with van der Waals surface area (Å²) in [5.74, 6) is -0.332. The number of carbonyl (C=O) groups excluding carboxylic acids is 3. The number of nitrogens with zero attached hydrogens (tertiary/aromatic N) is 12. The van der Waals surface area contributed by atoms with Gasteiger partial charge in [-0.1, -0.05) is 30.3 Å². The van der Waals surface area contributed by atoms with Gasteiger partial charge in [0.25, 0.3) is 0 Å². The van der Waals surface area contributed by atoms with Gasteiger partial charge in [0.05, 0.1) is 53.5 Å². The minimum absolute atomic E-state index is 0.0923. The lowest BCUT2D eigenvalue weighted by Gasteiger charge is -2.44. The van der Waals surface area contributed by atoms with Crippen molar-refractivity contribution >= 4 is 51.6 Å². The second-order valence-electron chi connectivity index (χ2n) is 19.1. The van der Waals surface area contributed by atoms with Crippen LogP contribution in [0.15, 0.2) is 102 Å². The third kappa shape index (κ3) is 8.14. The number of pyridine rings is 2. The minimum atomic E-state index is -0.435. The topological polar surface area (TPSA) is 172 Å². The number of anilines is 4. The molecule has 2 atom stereocenters. The average Bonchev–Trinajstić information content (AvgIpc) is 4.00. The molecular weight excluding hydrogens is 899 g/mol. The Bertz CT molecular complexity index is 3240. The van der Waals surface area contributed by atoms with Crippen molar-refractivity contribution in [2.24, 2.45) is 14.1 Å². The summed E-state index contributed by atoms with van der Waals surface area (Å²) in [6, 6.07) is 27.0. The van der Waals surface area contributed by atoms with E-state index in [4.69, 9.17) is 14.8 Å². The largest absolute Gasteiger partial charge is 0.467 e. The lowest BCUT2D eigenvalue weighted by atomic mass is 9.91. The summed E-state index contributed by atoms with van der Waals surface area (Å²) >= 11 is 0. The number of aryl methyl sites for hydroxylation is 2. The van der Waals surface area contributed by atoms with Gasteiger partial charge in [-0.2, -0.15) is 5.10 Å². The van der Waals surface area contributed by atoms with Gasteiger partial charge < -0.3 is 14.5 Å². The fourth-order valence-electron chi connectivity index (χ4n) is 11.3. The van der Waals surface area contributed by atoms with E-state index in [-0.39, 0.29) is 35.6 Å². The second-order valence-corrected chi connectivity index (χ2v) is 19.1. The van der Waals surface area contributed by atoms with Crippen LogP contribution in [0.1, 0.15) is 49.8 Å². The van der Waals surface area contributed by atoms with Crippen LogP contribution in [0.3, 0.4) is 0 Å². The van der Waals surface area contributed by atoms with Gasteiger partial charge in [0.1, 0.15) is 5.82 Å². The zero-order valence-corrected chi connectivity index (χ0v) is 40.7. The highest BCUT2D eigenvalue weighted by Crippen LogP contribution is 2.41. The van der Waals surface area contributed by atoms with E-state index in [2.05, 4.69) is 66.5 Å². The van der Waals surface area contributed by atoms with Gasteiger partial charge in [-0.25, -0.2) is 23.8 Å². The Hall–Kier alpha value is -7.86. The molecule has 3 aromatic carbocycles. The highest BCUT2D eigenvalue weighted by atomic mass is 16.5. The van der Waals surface area contributed by atoms with Crippen molar-refractivity contribution in [3.05, 3.63) is 119 Å². The molecule has 4 aromatic heterocycles. The predicted octanol–water partition coefficient (Wildman–Crippen LogP) is 6.05. The third-order valence-electron chi connectivity index (χ3n) is 14.9. The molecule has 4 fully saturated rings. The molecule has 4 aliphatic heterocycles. The number of fused-ring (bicyclic) bond motifs is 1. The maximum absolute atomic E-state index is 14.0. The number of para-hydroxylation sites is 1. The molecule has 0 radical (unpaired) electrons. The highest BCUT2D eigenvalue weighted by Gasteiger charge is 2.39. The summed E-state index contributed by atoms with van der Waals surface area (Å²) in [5, 5.41) is 12.6. The molecule has 11 rings (SSSR count). The number of aromatic nitrogens is 7. The van der Waals surface area contributed by atoms with Crippen molar-refractivity contribution in [1.29, 1.82) is 0 Å². The zero-order valence-electron chi connectivity index (χ0n) is 40.7. The number of piperidine rings is 2. The number of rotatable bonds is 10. The van der Waals surface area contributed by atoms with E-state index in [1.165, 1.54) is 16.4 Å². The van der Waals surface area contributed by atoms with Crippen LogP contribution in [0.4, 0.5) is 27.7 Å². The van der Waals surface area contributed by atoms with E-state index in [0.717, 1.165) is 114 Å². The molecule has 7 aromatic rings. The van der Waals surface area contributed by atoms with Crippen molar-refractivity contribution in [3.8, 4) is 34.0 Å². The second kappa shape index (κ2) is 18.5. The van der Waals surface area contributed by atoms with Crippen molar-refractivity contribution in [2.75, 3.05) is 72.5 Å². The maximum atomic E-state index is 14.0. The van der Waals surface area contributed by atoms with Crippen molar-refractivity contribution in [2.45, 2.75) is 57.5 Å². The Morgan fingerprint density at radius 1 is 0.732 bits per heavy atom. The number of hydrogen-bond acceptors (Lipinski definition) is 12. The average molecular weight is 956 g/mol. The smallest absolute Gasteiger partial charge is 0.353 e. The number of benzene rings is 3. The molecule has 8 heterocycles. The van der Waals surface area contributed by atoms with Gasteiger partial charge in [0, 0.05) is 95.8 Å². The van der Waals surface area contributed by atoms with E-state index in [1.807, 2.05) is 68.0 Å². The summed E-state index contributed by atoms with van der Waals surface area (Å²) in [5.41, 5.74) is 9.64. The van der Waals surface area contributed by atoms with Crippen molar-refractivity contribution in [1.82, 2.24) is 44.3 Å². The molecule has 18 heteroatoms. The van der Waals surface area contributed by atoms with Gasteiger partial charge in [-0.3, -0.25) is 39.3 Å². The van der Waals surface area contributed by atoms with Gasteiger partial charge in [-0.05, 0) is 109 Å². The summed E-state index contributed by atoms with van der Waals surface area (Å²) in [4.78, 5) is 72.2. The van der Waals surface area contributed by atoms with Crippen LogP contribution in [-0.4, -0.2) is 122 Å². The number of ether oxygens (including phenoxy) is 1. The van der Waals surface area contributed by atoms with E-state index in [0.29, 0.717) is 36.9 Å². The monoisotopic (exact) mass is 955 g/mol. The summed E-state index contributed by atoms with van der Waals surface area (Å²) in [7, 11) is 5.04. The molecule has 18 nitrogen and oxygen atoms in total. The fraction of sp³-hybridized carbons (Fsp3) is 0.358. The van der Waals surface area contributed by atoms with Crippen LogP contribution in [0, 0.1) is 6.92 Å². The van der Waals surface area contributed by atoms with E-state index >= 15 is 0 Å². The van der Waals surface area contributed by atoms with E-state index in [9.17, 15) is 19.2 Å². The number of carbonyl (C=O) groups is 3. The molecule has 1 unspecified atom stereocenters. The van der Waals surface area contributed by atoms with Crippen LogP contribution >= 0.6 is 0 Å². The van der Waals surface area contributed by atoms with Crippen LogP contribution < -0.4 is 35.3 Å².